The Balaban J connectivity index is 1.58. The second-order valence-corrected chi connectivity index (χ2v) is 13.7. The maximum absolute atomic E-state index is 13.7. The summed E-state index contributed by atoms with van der Waals surface area (Å²) in [7, 11) is 0. The molecule has 46 heavy (non-hydrogen) atoms. The summed E-state index contributed by atoms with van der Waals surface area (Å²) in [6, 6.07) is 14.5. The van der Waals surface area contributed by atoms with Crippen LogP contribution in [0.2, 0.25) is 0 Å². The topological polar surface area (TPSA) is 58.6 Å². The van der Waals surface area contributed by atoms with Crippen LogP contribution < -0.4 is 5.32 Å². The van der Waals surface area contributed by atoms with E-state index in [1.807, 2.05) is 0 Å². The minimum absolute atomic E-state index is 0.0279. The molecule has 0 saturated carbocycles. The number of nitrogens with zero attached hydrogens (tertiary/aromatic N) is 1. The molecule has 0 unspecified atom stereocenters. The molecule has 0 aliphatic carbocycles. The number of ketones is 1. The summed E-state index contributed by atoms with van der Waals surface area (Å²) >= 11 is 0. The van der Waals surface area contributed by atoms with Gasteiger partial charge in [0.2, 0.25) is 5.78 Å². The van der Waals surface area contributed by atoms with E-state index in [9.17, 15) is 14.0 Å². The van der Waals surface area contributed by atoms with E-state index in [0.29, 0.717) is 24.6 Å². The van der Waals surface area contributed by atoms with Crippen LogP contribution >= 0.6 is 0 Å². The van der Waals surface area contributed by atoms with Crippen LogP contribution in [-0.4, -0.2) is 29.8 Å². The number of cyclic esters (lactones) is 1. The third-order valence-electron chi connectivity index (χ3n) is 8.61. The number of allylic oxidation sites excluding steroid dienone is 2. The molecule has 1 heterocycles. The van der Waals surface area contributed by atoms with Crippen molar-refractivity contribution in [1.29, 1.82) is 0 Å². The van der Waals surface area contributed by atoms with Crippen molar-refractivity contribution in [3.63, 3.8) is 0 Å². The summed E-state index contributed by atoms with van der Waals surface area (Å²) in [5.41, 5.74) is 2.99. The van der Waals surface area contributed by atoms with E-state index in [1.165, 1.54) is 81.9 Å². The van der Waals surface area contributed by atoms with Crippen LogP contribution in [0.5, 0.6) is 0 Å². The molecule has 0 aromatic heterocycles. The number of esters is 1. The molecule has 5 nitrogen and oxygen atoms in total. The molecule has 252 valence electrons. The van der Waals surface area contributed by atoms with Gasteiger partial charge >= 0.3 is 5.97 Å². The maximum atomic E-state index is 13.7. The van der Waals surface area contributed by atoms with E-state index in [-0.39, 0.29) is 29.2 Å². The fraction of sp³-hybridized carbons (Fsp3) is 0.550. The van der Waals surface area contributed by atoms with E-state index in [4.69, 9.17) is 4.74 Å². The number of Topliss-reactive ketones (excluding diaryl/α,β-unsaturated/α-hetero) is 1. The van der Waals surface area contributed by atoms with Crippen LogP contribution in [0.1, 0.15) is 129 Å². The molecule has 6 heteroatoms. The monoisotopic (exact) mass is 632 g/mol. The lowest BCUT2D eigenvalue weighted by Crippen LogP contribution is -2.31. The summed E-state index contributed by atoms with van der Waals surface area (Å²) in [5.74, 6) is -0.893. The molecule has 1 saturated heterocycles. The number of ether oxygens (including phenoxy) is 1. The lowest BCUT2D eigenvalue weighted by molar-refractivity contribution is -0.135. The maximum Gasteiger partial charge on any atom is 0.346 e. The molecule has 0 radical (unpaired) electrons. The van der Waals surface area contributed by atoms with Crippen molar-refractivity contribution in [3.8, 4) is 0 Å². The van der Waals surface area contributed by atoms with E-state index in [1.54, 1.807) is 12.1 Å². The fourth-order valence-electron chi connectivity index (χ4n) is 5.74. The van der Waals surface area contributed by atoms with Crippen molar-refractivity contribution in [3.05, 3.63) is 89.0 Å². The van der Waals surface area contributed by atoms with Crippen molar-refractivity contribution < 1.29 is 18.7 Å². The van der Waals surface area contributed by atoms with Crippen molar-refractivity contribution in [2.45, 2.75) is 130 Å². The summed E-state index contributed by atoms with van der Waals surface area (Å²) < 4.78 is 18.8. The highest BCUT2D eigenvalue weighted by Gasteiger charge is 2.34. The molecular formula is C40H57FN2O3. The first-order valence-corrected chi connectivity index (χ1v) is 17.7. The predicted molar refractivity (Wildman–Crippen MR) is 188 cm³/mol. The SMILES string of the molecule is CCCCCCCC/C=C\CCCCCCCCN(Cc1ccc(C(C)(C)C)cc1)/C(Nc1ccc(F)cc1)=C1/C(=O)COC1=O. The summed E-state index contributed by atoms with van der Waals surface area (Å²) in [6.07, 6.45) is 22.0. The zero-order valence-corrected chi connectivity index (χ0v) is 28.8. The van der Waals surface area contributed by atoms with Gasteiger partial charge in [-0.2, -0.15) is 0 Å². The molecule has 0 spiro atoms. The van der Waals surface area contributed by atoms with Gasteiger partial charge in [-0.25, -0.2) is 9.18 Å². The number of hydrogen-bond donors (Lipinski definition) is 1. The quantitative estimate of drug-likeness (QED) is 0.0488. The average Bonchev–Trinajstić information content (AvgIpc) is 3.36. The number of halogens is 1. The molecule has 0 bridgehead atoms. The molecule has 2 aromatic carbocycles. The predicted octanol–water partition coefficient (Wildman–Crippen LogP) is 10.4. The molecule has 1 aliphatic heterocycles. The molecule has 1 aliphatic rings. The Morgan fingerprint density at radius 2 is 1.37 bits per heavy atom. The Morgan fingerprint density at radius 3 is 1.91 bits per heavy atom. The largest absolute Gasteiger partial charge is 0.453 e. The highest BCUT2D eigenvalue weighted by atomic mass is 19.1. The normalized spacial score (nSPS) is 14.6. The van der Waals surface area contributed by atoms with Crippen LogP contribution in [0.15, 0.2) is 72.1 Å². The van der Waals surface area contributed by atoms with Crippen LogP contribution in [0, 0.1) is 5.82 Å². The van der Waals surface area contributed by atoms with Crippen LogP contribution in [0.25, 0.3) is 0 Å². The van der Waals surface area contributed by atoms with Gasteiger partial charge in [-0.05, 0) is 72.9 Å². The molecule has 0 amide bonds. The average molecular weight is 633 g/mol. The van der Waals surface area contributed by atoms with Crippen molar-refractivity contribution in [1.82, 2.24) is 4.90 Å². The van der Waals surface area contributed by atoms with E-state index in [0.717, 1.165) is 31.2 Å². The Morgan fingerprint density at radius 1 is 0.804 bits per heavy atom. The lowest BCUT2D eigenvalue weighted by atomic mass is 9.87. The number of benzene rings is 2. The second kappa shape index (κ2) is 20.0. The van der Waals surface area contributed by atoms with Gasteiger partial charge in [0.1, 0.15) is 17.2 Å². The Kier molecular flexibility index (Phi) is 16.1. The van der Waals surface area contributed by atoms with Gasteiger partial charge in [-0.1, -0.05) is 122 Å². The third-order valence-corrected chi connectivity index (χ3v) is 8.61. The summed E-state index contributed by atoms with van der Waals surface area (Å²) in [6.45, 7) is 9.75. The number of nitrogens with one attached hydrogen (secondary N) is 1. The Bertz CT molecular complexity index is 1240. The highest BCUT2D eigenvalue weighted by Crippen LogP contribution is 2.26. The zero-order valence-electron chi connectivity index (χ0n) is 28.8. The number of carbonyl (C=O) groups excluding carboxylic acids is 2. The standard InChI is InChI=1S/C40H57FN2O3/c1-5-6-7-8-9-10-11-12-13-14-15-16-17-18-19-20-29-43(30-32-21-23-33(24-22-32)40(2,3)4)38(37-36(44)31-46-39(37)45)42-35-27-25-34(41)26-28-35/h12-13,21-28,42H,5-11,14-20,29-31H2,1-4H3/b13-12-,38-37-. The third kappa shape index (κ3) is 13.1. The van der Waals surface area contributed by atoms with E-state index in [2.05, 4.69) is 74.3 Å². The van der Waals surface area contributed by atoms with Gasteiger partial charge in [0.15, 0.2) is 6.61 Å². The number of unbranched alkanes of at least 4 members (excludes halogenated alkanes) is 12. The van der Waals surface area contributed by atoms with Crippen LogP contribution in [0.3, 0.4) is 0 Å². The smallest absolute Gasteiger partial charge is 0.346 e. The Labute approximate surface area is 277 Å². The van der Waals surface area contributed by atoms with Gasteiger partial charge in [-0.3, -0.25) is 4.79 Å². The van der Waals surface area contributed by atoms with Crippen LogP contribution in [-0.2, 0) is 26.3 Å². The first-order chi connectivity index (χ1) is 22.2. The van der Waals surface area contributed by atoms with Crippen molar-refractivity contribution in [2.75, 3.05) is 18.5 Å². The van der Waals surface area contributed by atoms with E-state index < -0.39 is 5.97 Å². The number of hydrogen-bond acceptors (Lipinski definition) is 5. The lowest BCUT2D eigenvalue weighted by Gasteiger charge is -2.30. The second-order valence-electron chi connectivity index (χ2n) is 13.7. The fourth-order valence-corrected chi connectivity index (χ4v) is 5.74. The van der Waals surface area contributed by atoms with Gasteiger partial charge in [0, 0.05) is 18.8 Å². The van der Waals surface area contributed by atoms with Crippen molar-refractivity contribution in [2.24, 2.45) is 0 Å². The number of rotatable bonds is 21. The van der Waals surface area contributed by atoms with Gasteiger partial charge in [0.25, 0.3) is 0 Å². The summed E-state index contributed by atoms with van der Waals surface area (Å²) in [5, 5.41) is 3.28. The minimum Gasteiger partial charge on any atom is -0.453 e. The first kappa shape index (κ1) is 37.1. The first-order valence-electron chi connectivity index (χ1n) is 17.7. The molecule has 1 N–H and O–H groups in total. The molecule has 3 rings (SSSR count). The van der Waals surface area contributed by atoms with Gasteiger partial charge in [-0.15, -0.1) is 0 Å². The Hall–Kier alpha value is -3.41. The van der Waals surface area contributed by atoms with Crippen LogP contribution in [0.4, 0.5) is 10.1 Å². The molecule has 0 atom stereocenters. The molecular weight excluding hydrogens is 575 g/mol. The minimum atomic E-state index is -0.622. The van der Waals surface area contributed by atoms with Gasteiger partial charge < -0.3 is 15.0 Å². The van der Waals surface area contributed by atoms with Gasteiger partial charge in [0.05, 0.1) is 0 Å². The van der Waals surface area contributed by atoms with E-state index >= 15 is 0 Å². The van der Waals surface area contributed by atoms with Crippen molar-refractivity contribution >= 4 is 17.4 Å². The summed E-state index contributed by atoms with van der Waals surface area (Å²) in [4.78, 5) is 27.7. The molecule has 2 aromatic rings. The number of carbonyl (C=O) groups is 2. The number of anilines is 1. The zero-order chi connectivity index (χ0) is 33.2. The highest BCUT2D eigenvalue weighted by molar-refractivity contribution is 6.22. The molecule has 1 fully saturated rings.